The molecule has 1 N–H and O–H groups in total. The number of ether oxygens (including phenoxy) is 1. The van der Waals surface area contributed by atoms with Gasteiger partial charge in [0.1, 0.15) is 5.82 Å². The molecule has 1 aromatic heterocycles. The Morgan fingerprint density at radius 3 is 2.88 bits per heavy atom. The van der Waals surface area contributed by atoms with Crippen LogP contribution in [0.15, 0.2) is 24.5 Å². The summed E-state index contributed by atoms with van der Waals surface area (Å²) in [7, 11) is 0. The molecule has 2 aliphatic heterocycles. The number of nitrogens with zero attached hydrogens (tertiary/aromatic N) is 2. The lowest BCUT2D eigenvalue weighted by Crippen LogP contribution is -2.48. The second-order valence-electron chi connectivity index (χ2n) is 6.37. The summed E-state index contributed by atoms with van der Waals surface area (Å²) in [6.45, 7) is 0.636. The van der Waals surface area contributed by atoms with Gasteiger partial charge in [0.25, 0.3) is 5.91 Å². The van der Waals surface area contributed by atoms with Crippen molar-refractivity contribution in [2.75, 3.05) is 18.1 Å². The van der Waals surface area contributed by atoms with Crippen LogP contribution in [-0.4, -0.2) is 45.6 Å². The fourth-order valence-electron chi connectivity index (χ4n) is 3.44. The van der Waals surface area contributed by atoms with Crippen LogP contribution >= 0.6 is 11.8 Å². The predicted molar refractivity (Wildman–Crippen MR) is 90.6 cm³/mol. The maximum Gasteiger partial charge on any atom is 0.254 e. The summed E-state index contributed by atoms with van der Waals surface area (Å²) in [6.07, 6.45) is 5.60. The number of thioether (sulfide) groups is 1. The van der Waals surface area contributed by atoms with Crippen molar-refractivity contribution in [1.29, 1.82) is 0 Å². The van der Waals surface area contributed by atoms with E-state index < -0.39 is 11.7 Å². The average molecular weight is 347 g/mol. The molecule has 4 rings (SSSR count). The Bertz CT molecular complexity index is 780. The fraction of sp³-hybridized carbons (Fsp3) is 0.471. The molecule has 24 heavy (non-hydrogen) atoms. The number of amides is 1. The minimum Gasteiger partial charge on any atom is -0.374 e. The summed E-state index contributed by atoms with van der Waals surface area (Å²) >= 11 is 1.89. The van der Waals surface area contributed by atoms with Crippen molar-refractivity contribution in [1.82, 2.24) is 15.3 Å². The zero-order valence-corrected chi connectivity index (χ0v) is 13.9. The lowest BCUT2D eigenvalue weighted by atomic mass is 9.89. The Morgan fingerprint density at radius 1 is 1.33 bits per heavy atom. The molecule has 3 heterocycles. The van der Waals surface area contributed by atoms with Crippen molar-refractivity contribution < 1.29 is 13.9 Å². The molecule has 0 saturated carbocycles. The number of fused-ring (bicyclic) bond motifs is 1. The summed E-state index contributed by atoms with van der Waals surface area (Å²) < 4.78 is 20.2. The van der Waals surface area contributed by atoms with Crippen LogP contribution in [0, 0.1) is 5.82 Å². The Balaban J connectivity index is 1.52. The predicted octanol–water partition coefficient (Wildman–Crippen LogP) is 2.55. The third kappa shape index (κ3) is 2.98. The van der Waals surface area contributed by atoms with Gasteiger partial charge in [0.2, 0.25) is 0 Å². The largest absolute Gasteiger partial charge is 0.374 e. The van der Waals surface area contributed by atoms with Crippen LogP contribution in [0.4, 0.5) is 4.39 Å². The SMILES string of the molecule is O=C(N[C@H]1CCO[C@@]2(CCSC2)C1)c1cc2nccnc2cc1F. The van der Waals surface area contributed by atoms with E-state index in [1.807, 2.05) is 11.8 Å². The molecule has 7 heteroatoms. The molecule has 0 radical (unpaired) electrons. The van der Waals surface area contributed by atoms with Crippen molar-refractivity contribution in [2.24, 2.45) is 0 Å². The maximum atomic E-state index is 14.3. The maximum absolute atomic E-state index is 14.3. The lowest BCUT2D eigenvalue weighted by Gasteiger charge is -2.38. The van der Waals surface area contributed by atoms with Crippen molar-refractivity contribution in [3.8, 4) is 0 Å². The third-order valence-electron chi connectivity index (χ3n) is 4.70. The van der Waals surface area contributed by atoms with Crippen molar-refractivity contribution in [2.45, 2.75) is 30.9 Å². The zero-order chi connectivity index (χ0) is 16.6. The van der Waals surface area contributed by atoms with Gasteiger partial charge >= 0.3 is 0 Å². The molecule has 2 atom stereocenters. The van der Waals surface area contributed by atoms with E-state index in [1.54, 1.807) is 0 Å². The Kier molecular flexibility index (Phi) is 4.14. The number of hydrogen-bond donors (Lipinski definition) is 1. The highest BCUT2D eigenvalue weighted by Gasteiger charge is 2.40. The molecule has 2 saturated heterocycles. The monoisotopic (exact) mass is 347 g/mol. The zero-order valence-electron chi connectivity index (χ0n) is 13.1. The Morgan fingerprint density at radius 2 is 2.12 bits per heavy atom. The summed E-state index contributed by atoms with van der Waals surface area (Å²) in [4.78, 5) is 20.7. The van der Waals surface area contributed by atoms with Gasteiger partial charge in [0, 0.05) is 36.9 Å². The normalized spacial score (nSPS) is 26.8. The topological polar surface area (TPSA) is 64.1 Å². The van der Waals surface area contributed by atoms with Crippen LogP contribution in [-0.2, 0) is 4.74 Å². The van der Waals surface area contributed by atoms with Gasteiger partial charge in [-0.25, -0.2) is 4.39 Å². The van der Waals surface area contributed by atoms with E-state index in [0.29, 0.717) is 17.6 Å². The van der Waals surface area contributed by atoms with E-state index in [0.717, 1.165) is 30.8 Å². The van der Waals surface area contributed by atoms with Crippen LogP contribution in [0.1, 0.15) is 29.6 Å². The number of rotatable bonds is 2. The second kappa shape index (κ2) is 6.29. The number of benzene rings is 1. The summed E-state index contributed by atoms with van der Waals surface area (Å²) in [5, 5.41) is 2.98. The summed E-state index contributed by atoms with van der Waals surface area (Å²) in [5.74, 6) is 1.10. The summed E-state index contributed by atoms with van der Waals surface area (Å²) in [5.41, 5.74) is 0.859. The molecule has 0 unspecified atom stereocenters. The van der Waals surface area contributed by atoms with E-state index in [4.69, 9.17) is 4.74 Å². The van der Waals surface area contributed by atoms with Crippen LogP contribution in [0.25, 0.3) is 11.0 Å². The van der Waals surface area contributed by atoms with E-state index >= 15 is 0 Å². The first-order valence-corrected chi connectivity index (χ1v) is 9.24. The Labute approximate surface area is 143 Å². The van der Waals surface area contributed by atoms with E-state index in [2.05, 4.69) is 15.3 Å². The van der Waals surface area contributed by atoms with Crippen molar-refractivity contribution in [3.05, 3.63) is 35.9 Å². The first-order chi connectivity index (χ1) is 11.7. The lowest BCUT2D eigenvalue weighted by molar-refractivity contribution is -0.0688. The number of nitrogens with one attached hydrogen (secondary N) is 1. The van der Waals surface area contributed by atoms with Crippen LogP contribution in [0.3, 0.4) is 0 Å². The number of halogens is 1. The fourth-order valence-corrected chi connectivity index (χ4v) is 4.82. The standard InChI is InChI=1S/C17H18FN3O2S/c18-13-8-15-14(19-3-4-20-15)7-12(13)16(22)21-11-1-5-23-17(9-11)2-6-24-10-17/h3-4,7-8,11H,1-2,5-6,9-10H2,(H,21,22)/t11-,17-/m0/s1. The third-order valence-corrected chi connectivity index (χ3v) is 5.92. The first-order valence-electron chi connectivity index (χ1n) is 8.08. The van der Waals surface area contributed by atoms with E-state index in [1.165, 1.54) is 24.5 Å². The number of hydrogen-bond acceptors (Lipinski definition) is 5. The molecule has 0 aliphatic carbocycles. The molecule has 2 fully saturated rings. The van der Waals surface area contributed by atoms with Gasteiger partial charge in [0.05, 0.1) is 22.2 Å². The van der Waals surface area contributed by atoms with Gasteiger partial charge in [-0.1, -0.05) is 0 Å². The smallest absolute Gasteiger partial charge is 0.254 e. The van der Waals surface area contributed by atoms with Gasteiger partial charge in [-0.15, -0.1) is 0 Å². The van der Waals surface area contributed by atoms with Crippen molar-refractivity contribution >= 4 is 28.7 Å². The molecule has 1 aromatic carbocycles. The molecule has 5 nitrogen and oxygen atoms in total. The molecular formula is C17H18FN3O2S. The summed E-state index contributed by atoms with van der Waals surface area (Å²) in [6, 6.07) is 2.74. The van der Waals surface area contributed by atoms with Crippen LogP contribution < -0.4 is 5.32 Å². The second-order valence-corrected chi connectivity index (χ2v) is 7.48. The molecular weight excluding hydrogens is 329 g/mol. The van der Waals surface area contributed by atoms with Gasteiger partial charge < -0.3 is 10.1 Å². The molecule has 0 bridgehead atoms. The van der Waals surface area contributed by atoms with Gasteiger partial charge in [0.15, 0.2) is 0 Å². The van der Waals surface area contributed by atoms with Crippen LogP contribution in [0.2, 0.25) is 0 Å². The van der Waals surface area contributed by atoms with Gasteiger partial charge in [-0.2, -0.15) is 11.8 Å². The first kappa shape index (κ1) is 15.8. The highest BCUT2D eigenvalue weighted by molar-refractivity contribution is 7.99. The highest BCUT2D eigenvalue weighted by Crippen LogP contribution is 2.38. The number of carbonyl (C=O) groups excluding carboxylic acids is 1. The average Bonchev–Trinajstić information content (AvgIpc) is 3.01. The van der Waals surface area contributed by atoms with E-state index in [9.17, 15) is 9.18 Å². The molecule has 1 spiro atoms. The Hall–Kier alpha value is -1.73. The number of aromatic nitrogens is 2. The quantitative estimate of drug-likeness (QED) is 0.904. The number of carbonyl (C=O) groups is 1. The molecule has 126 valence electrons. The highest BCUT2D eigenvalue weighted by atomic mass is 32.2. The van der Waals surface area contributed by atoms with Gasteiger partial charge in [-0.05, 0) is 31.1 Å². The van der Waals surface area contributed by atoms with Crippen molar-refractivity contribution in [3.63, 3.8) is 0 Å². The minimum absolute atomic E-state index is 0.0157. The molecule has 1 amide bonds. The molecule has 2 aromatic rings. The van der Waals surface area contributed by atoms with Crippen LogP contribution in [0.5, 0.6) is 0 Å². The molecule has 2 aliphatic rings. The minimum atomic E-state index is -0.571. The van der Waals surface area contributed by atoms with E-state index in [-0.39, 0.29) is 17.2 Å². The van der Waals surface area contributed by atoms with Gasteiger partial charge in [-0.3, -0.25) is 14.8 Å².